The molecule has 3 unspecified atom stereocenters. The molecule has 0 saturated heterocycles. The van der Waals surface area contributed by atoms with E-state index in [1.54, 1.807) is 7.11 Å². The number of methoxy groups -OCH3 is 1. The summed E-state index contributed by atoms with van der Waals surface area (Å²) in [6.45, 7) is 7.16. The summed E-state index contributed by atoms with van der Waals surface area (Å²) in [5.74, 6) is 2.69. The van der Waals surface area contributed by atoms with E-state index in [4.69, 9.17) is 15.0 Å². The van der Waals surface area contributed by atoms with Gasteiger partial charge in [0.1, 0.15) is 5.60 Å². The molecule has 0 aliphatic heterocycles. The minimum atomic E-state index is -0.379. The van der Waals surface area contributed by atoms with Gasteiger partial charge in [0.2, 0.25) is 11.7 Å². The minimum Gasteiger partial charge on any atom is -0.370 e. The van der Waals surface area contributed by atoms with Crippen molar-refractivity contribution in [1.82, 2.24) is 10.1 Å². The second-order valence-corrected chi connectivity index (χ2v) is 6.92. The maximum Gasteiger partial charge on any atom is 0.231 e. The maximum atomic E-state index is 5.87. The van der Waals surface area contributed by atoms with Gasteiger partial charge in [-0.05, 0) is 37.5 Å². The van der Waals surface area contributed by atoms with Crippen molar-refractivity contribution < 1.29 is 9.26 Å². The van der Waals surface area contributed by atoms with E-state index >= 15 is 0 Å². The van der Waals surface area contributed by atoms with E-state index in [1.165, 1.54) is 6.42 Å². The van der Waals surface area contributed by atoms with Crippen LogP contribution in [0.2, 0.25) is 0 Å². The molecular formula is C16H29N3O2. The molecule has 0 amide bonds. The highest BCUT2D eigenvalue weighted by Gasteiger charge is 2.41. The SMILES string of the molecule is COC1(c2noc(C(CN)CC(C)C)n2)CCCC(C)C1. The summed E-state index contributed by atoms with van der Waals surface area (Å²) in [5, 5.41) is 4.23. The first-order chi connectivity index (χ1) is 10.0. The molecular weight excluding hydrogens is 266 g/mol. The Kier molecular flexibility index (Phi) is 5.38. The molecule has 0 aromatic carbocycles. The average molecular weight is 295 g/mol. The number of nitrogens with zero attached hydrogens (tertiary/aromatic N) is 2. The third-order valence-electron chi connectivity index (χ3n) is 4.59. The van der Waals surface area contributed by atoms with E-state index in [0.717, 1.165) is 25.7 Å². The molecule has 2 N–H and O–H groups in total. The van der Waals surface area contributed by atoms with Crippen LogP contribution in [0.25, 0.3) is 0 Å². The molecule has 1 aromatic heterocycles. The van der Waals surface area contributed by atoms with Crippen molar-refractivity contribution in [3.8, 4) is 0 Å². The van der Waals surface area contributed by atoms with E-state index in [2.05, 4.69) is 30.9 Å². The van der Waals surface area contributed by atoms with Crippen molar-refractivity contribution in [2.75, 3.05) is 13.7 Å². The monoisotopic (exact) mass is 295 g/mol. The van der Waals surface area contributed by atoms with Crippen LogP contribution in [0.15, 0.2) is 4.52 Å². The summed E-state index contributed by atoms with van der Waals surface area (Å²) >= 11 is 0. The van der Waals surface area contributed by atoms with Crippen LogP contribution in [0.5, 0.6) is 0 Å². The maximum absolute atomic E-state index is 5.87. The van der Waals surface area contributed by atoms with Crippen LogP contribution < -0.4 is 5.73 Å². The van der Waals surface area contributed by atoms with Crippen LogP contribution in [0.3, 0.4) is 0 Å². The lowest BCUT2D eigenvalue weighted by Crippen LogP contribution is -2.35. The standard InChI is InChI=1S/C16H29N3O2/c1-11(2)8-13(10-17)14-18-15(19-21-14)16(20-4)7-5-6-12(3)9-16/h11-13H,5-10,17H2,1-4H3. The molecule has 0 bridgehead atoms. The molecule has 1 aliphatic carbocycles. The number of rotatable bonds is 6. The molecule has 1 fully saturated rings. The first-order valence-corrected chi connectivity index (χ1v) is 8.10. The van der Waals surface area contributed by atoms with Crippen LogP contribution in [0.1, 0.15) is 70.5 Å². The molecule has 0 spiro atoms. The molecule has 1 heterocycles. The lowest BCUT2D eigenvalue weighted by Gasteiger charge is -2.36. The van der Waals surface area contributed by atoms with Gasteiger partial charge in [-0.2, -0.15) is 4.98 Å². The van der Waals surface area contributed by atoms with Crippen molar-refractivity contribution in [2.24, 2.45) is 17.6 Å². The van der Waals surface area contributed by atoms with E-state index in [-0.39, 0.29) is 11.5 Å². The summed E-state index contributed by atoms with van der Waals surface area (Å²) in [6, 6.07) is 0. The zero-order valence-electron chi connectivity index (χ0n) is 13.8. The zero-order valence-corrected chi connectivity index (χ0v) is 13.8. The normalized spacial score (nSPS) is 28.0. The summed E-state index contributed by atoms with van der Waals surface area (Å²) in [7, 11) is 1.75. The Morgan fingerprint density at radius 1 is 1.48 bits per heavy atom. The molecule has 1 saturated carbocycles. The van der Waals surface area contributed by atoms with E-state index < -0.39 is 0 Å². The molecule has 1 aromatic rings. The number of ether oxygens (including phenoxy) is 1. The molecule has 120 valence electrons. The van der Waals surface area contributed by atoms with Gasteiger partial charge in [-0.25, -0.2) is 0 Å². The second kappa shape index (κ2) is 6.88. The highest BCUT2D eigenvalue weighted by atomic mass is 16.5. The van der Waals surface area contributed by atoms with Gasteiger partial charge in [0.05, 0.1) is 5.92 Å². The summed E-state index contributed by atoms with van der Waals surface area (Å²) < 4.78 is 11.3. The van der Waals surface area contributed by atoms with Crippen LogP contribution in [-0.2, 0) is 10.3 Å². The van der Waals surface area contributed by atoms with Gasteiger partial charge in [0, 0.05) is 13.7 Å². The van der Waals surface area contributed by atoms with Crippen molar-refractivity contribution >= 4 is 0 Å². The van der Waals surface area contributed by atoms with Crippen molar-refractivity contribution in [1.29, 1.82) is 0 Å². The van der Waals surface area contributed by atoms with Crippen LogP contribution in [0, 0.1) is 11.8 Å². The number of aromatic nitrogens is 2. The van der Waals surface area contributed by atoms with Crippen LogP contribution in [-0.4, -0.2) is 23.8 Å². The van der Waals surface area contributed by atoms with Gasteiger partial charge < -0.3 is 15.0 Å². The van der Waals surface area contributed by atoms with Crippen molar-refractivity contribution in [2.45, 2.75) is 64.4 Å². The summed E-state index contributed by atoms with van der Waals surface area (Å²) in [4.78, 5) is 4.65. The lowest BCUT2D eigenvalue weighted by atomic mass is 9.78. The van der Waals surface area contributed by atoms with Crippen LogP contribution >= 0.6 is 0 Å². The molecule has 1 aliphatic rings. The number of hydrogen-bond donors (Lipinski definition) is 1. The van der Waals surface area contributed by atoms with Crippen LogP contribution in [0.4, 0.5) is 0 Å². The Balaban J connectivity index is 2.20. The van der Waals surface area contributed by atoms with Crippen molar-refractivity contribution in [3.05, 3.63) is 11.7 Å². The third kappa shape index (κ3) is 3.64. The largest absolute Gasteiger partial charge is 0.370 e. The topological polar surface area (TPSA) is 74.2 Å². The highest BCUT2D eigenvalue weighted by molar-refractivity contribution is 5.06. The van der Waals surface area contributed by atoms with Gasteiger partial charge in [-0.15, -0.1) is 0 Å². The predicted octanol–water partition coefficient (Wildman–Crippen LogP) is 3.21. The fourth-order valence-corrected chi connectivity index (χ4v) is 3.44. The Labute approximate surface area is 127 Å². The summed E-state index contributed by atoms with van der Waals surface area (Å²) in [5.41, 5.74) is 5.49. The number of nitrogens with two attached hydrogens (primary N) is 1. The fraction of sp³-hybridized carbons (Fsp3) is 0.875. The molecule has 2 rings (SSSR count). The highest BCUT2D eigenvalue weighted by Crippen LogP contribution is 2.41. The Bertz CT molecular complexity index is 446. The van der Waals surface area contributed by atoms with Gasteiger partial charge in [-0.1, -0.05) is 32.3 Å². The lowest BCUT2D eigenvalue weighted by molar-refractivity contribution is -0.0658. The average Bonchev–Trinajstić information content (AvgIpc) is 2.94. The molecule has 5 nitrogen and oxygen atoms in total. The first kappa shape index (κ1) is 16.4. The van der Waals surface area contributed by atoms with Crippen molar-refractivity contribution in [3.63, 3.8) is 0 Å². The number of hydrogen-bond acceptors (Lipinski definition) is 5. The van der Waals surface area contributed by atoms with Gasteiger partial charge in [0.25, 0.3) is 0 Å². The smallest absolute Gasteiger partial charge is 0.231 e. The quantitative estimate of drug-likeness (QED) is 0.872. The van der Waals surface area contributed by atoms with E-state index in [1.807, 2.05) is 0 Å². The second-order valence-electron chi connectivity index (χ2n) is 6.92. The minimum absolute atomic E-state index is 0.140. The molecule has 5 heteroatoms. The Morgan fingerprint density at radius 3 is 2.81 bits per heavy atom. The first-order valence-electron chi connectivity index (χ1n) is 8.10. The van der Waals surface area contributed by atoms with Gasteiger partial charge >= 0.3 is 0 Å². The Morgan fingerprint density at radius 2 is 2.24 bits per heavy atom. The molecule has 21 heavy (non-hydrogen) atoms. The molecule has 3 atom stereocenters. The van der Waals surface area contributed by atoms with E-state index in [0.29, 0.717) is 30.1 Å². The fourth-order valence-electron chi connectivity index (χ4n) is 3.44. The van der Waals surface area contributed by atoms with Gasteiger partial charge in [0.15, 0.2) is 0 Å². The van der Waals surface area contributed by atoms with Gasteiger partial charge in [-0.3, -0.25) is 0 Å². The summed E-state index contributed by atoms with van der Waals surface area (Å²) in [6.07, 6.45) is 5.28. The third-order valence-corrected chi connectivity index (χ3v) is 4.59. The zero-order chi connectivity index (χ0) is 15.5. The predicted molar refractivity (Wildman–Crippen MR) is 81.9 cm³/mol. The molecule has 0 radical (unpaired) electrons. The Hall–Kier alpha value is -0.940. The van der Waals surface area contributed by atoms with E-state index in [9.17, 15) is 0 Å².